The summed E-state index contributed by atoms with van der Waals surface area (Å²) >= 11 is 0.912. The predicted octanol–water partition coefficient (Wildman–Crippen LogP) is 4.36. The van der Waals surface area contributed by atoms with Crippen LogP contribution in [0, 0.1) is 17.5 Å². The van der Waals surface area contributed by atoms with Crippen LogP contribution < -0.4 is 10.6 Å². The number of hydrogen-bond donors (Lipinski definition) is 2. The summed E-state index contributed by atoms with van der Waals surface area (Å²) in [4.78, 5) is 15.6. The molecule has 8 heteroatoms. The van der Waals surface area contributed by atoms with Crippen LogP contribution in [0.25, 0.3) is 10.2 Å². The average Bonchev–Trinajstić information content (AvgIpc) is 2.84. The molecule has 0 spiro atoms. The van der Waals surface area contributed by atoms with Gasteiger partial charge in [0.25, 0.3) is 0 Å². The molecule has 0 saturated carbocycles. The minimum absolute atomic E-state index is 0.00154. The monoisotopic (exact) mass is 323 g/mol. The minimum atomic E-state index is -0.811. The number of fused-ring (bicyclic) bond motifs is 1. The molecule has 0 aliphatic rings. The Balaban J connectivity index is 1.80. The second-order valence-electron chi connectivity index (χ2n) is 4.31. The Kier molecular flexibility index (Phi) is 3.68. The highest BCUT2D eigenvalue weighted by Gasteiger charge is 2.13. The third kappa shape index (κ3) is 2.86. The van der Waals surface area contributed by atoms with E-state index >= 15 is 0 Å². The van der Waals surface area contributed by atoms with E-state index in [9.17, 15) is 18.0 Å². The molecule has 0 fully saturated rings. The van der Waals surface area contributed by atoms with Gasteiger partial charge in [0, 0.05) is 6.07 Å². The van der Waals surface area contributed by atoms with Crippen molar-refractivity contribution in [3.05, 3.63) is 53.8 Å². The highest BCUT2D eigenvalue weighted by atomic mass is 32.1. The molecule has 0 bridgehead atoms. The maximum absolute atomic E-state index is 13.5. The van der Waals surface area contributed by atoms with Crippen LogP contribution in [-0.2, 0) is 0 Å². The van der Waals surface area contributed by atoms with Crippen molar-refractivity contribution < 1.29 is 18.0 Å². The fourth-order valence-corrected chi connectivity index (χ4v) is 2.72. The molecule has 3 aromatic rings. The van der Waals surface area contributed by atoms with Crippen molar-refractivity contribution in [2.75, 3.05) is 10.6 Å². The summed E-state index contributed by atoms with van der Waals surface area (Å²) in [5, 5.41) is 4.74. The fourth-order valence-electron chi connectivity index (χ4n) is 1.82. The zero-order valence-corrected chi connectivity index (χ0v) is 11.7. The number of para-hydroxylation sites is 1. The average molecular weight is 323 g/mol. The SMILES string of the molecule is O=C(Nc1nc2c(F)cc(F)cc2s1)Nc1ccccc1F. The molecular formula is C14H8F3N3OS. The molecule has 2 amide bonds. The number of aromatic nitrogens is 1. The summed E-state index contributed by atoms with van der Waals surface area (Å²) in [5.41, 5.74) is -0.0362. The van der Waals surface area contributed by atoms with Crippen LogP contribution in [0.2, 0.25) is 0 Å². The van der Waals surface area contributed by atoms with Gasteiger partial charge in [0.15, 0.2) is 10.9 Å². The van der Waals surface area contributed by atoms with Crippen LogP contribution in [0.1, 0.15) is 0 Å². The number of nitrogens with one attached hydrogen (secondary N) is 2. The Morgan fingerprint density at radius 2 is 1.82 bits per heavy atom. The van der Waals surface area contributed by atoms with E-state index in [-0.39, 0.29) is 21.0 Å². The summed E-state index contributed by atoms with van der Waals surface area (Å²) in [6, 6.07) is 6.75. The van der Waals surface area contributed by atoms with Gasteiger partial charge in [-0.2, -0.15) is 0 Å². The van der Waals surface area contributed by atoms with Crippen LogP contribution in [-0.4, -0.2) is 11.0 Å². The lowest BCUT2D eigenvalue weighted by Gasteiger charge is -2.05. The second kappa shape index (κ2) is 5.64. The number of carbonyl (C=O) groups excluding carboxylic acids is 1. The Morgan fingerprint density at radius 3 is 2.59 bits per heavy atom. The lowest BCUT2D eigenvalue weighted by atomic mass is 10.3. The number of urea groups is 1. The Morgan fingerprint density at radius 1 is 1.05 bits per heavy atom. The third-order valence-electron chi connectivity index (χ3n) is 2.76. The summed E-state index contributed by atoms with van der Waals surface area (Å²) in [5.74, 6) is -2.13. The predicted molar refractivity (Wildman–Crippen MR) is 78.6 cm³/mol. The van der Waals surface area contributed by atoms with Crippen molar-refractivity contribution in [2.24, 2.45) is 0 Å². The van der Waals surface area contributed by atoms with Gasteiger partial charge in [-0.3, -0.25) is 5.32 Å². The van der Waals surface area contributed by atoms with Crippen molar-refractivity contribution in [2.45, 2.75) is 0 Å². The van der Waals surface area contributed by atoms with Crippen molar-refractivity contribution >= 4 is 38.4 Å². The van der Waals surface area contributed by atoms with Gasteiger partial charge in [0.05, 0.1) is 10.4 Å². The first kappa shape index (κ1) is 14.3. The quantitative estimate of drug-likeness (QED) is 0.736. The van der Waals surface area contributed by atoms with Crippen LogP contribution >= 0.6 is 11.3 Å². The highest BCUT2D eigenvalue weighted by molar-refractivity contribution is 7.22. The zero-order valence-electron chi connectivity index (χ0n) is 10.9. The fraction of sp³-hybridized carbons (Fsp3) is 0. The molecule has 0 aliphatic carbocycles. The molecule has 0 atom stereocenters. The van der Waals surface area contributed by atoms with E-state index in [0.717, 1.165) is 17.4 Å². The van der Waals surface area contributed by atoms with Gasteiger partial charge in [0.1, 0.15) is 17.2 Å². The lowest BCUT2D eigenvalue weighted by Crippen LogP contribution is -2.19. The maximum Gasteiger partial charge on any atom is 0.325 e. The topological polar surface area (TPSA) is 54.0 Å². The lowest BCUT2D eigenvalue weighted by molar-refractivity contribution is 0.262. The third-order valence-corrected chi connectivity index (χ3v) is 3.67. The molecule has 3 rings (SSSR count). The van der Waals surface area contributed by atoms with E-state index in [4.69, 9.17) is 0 Å². The van der Waals surface area contributed by atoms with E-state index < -0.39 is 23.5 Å². The van der Waals surface area contributed by atoms with E-state index in [1.807, 2.05) is 0 Å². The van der Waals surface area contributed by atoms with Gasteiger partial charge in [-0.15, -0.1) is 0 Å². The molecule has 112 valence electrons. The van der Waals surface area contributed by atoms with Crippen LogP contribution in [0.4, 0.5) is 28.8 Å². The van der Waals surface area contributed by atoms with Gasteiger partial charge in [-0.25, -0.2) is 22.9 Å². The zero-order chi connectivity index (χ0) is 15.7. The van der Waals surface area contributed by atoms with Gasteiger partial charge in [-0.1, -0.05) is 23.5 Å². The Bertz CT molecular complexity index is 866. The summed E-state index contributed by atoms with van der Waals surface area (Å²) in [6.45, 7) is 0. The maximum atomic E-state index is 13.5. The van der Waals surface area contributed by atoms with Crippen LogP contribution in [0.3, 0.4) is 0 Å². The number of halogens is 3. The highest BCUT2D eigenvalue weighted by Crippen LogP contribution is 2.28. The largest absolute Gasteiger partial charge is 0.325 e. The molecule has 0 saturated heterocycles. The molecule has 22 heavy (non-hydrogen) atoms. The number of anilines is 2. The van der Waals surface area contributed by atoms with Gasteiger partial charge < -0.3 is 5.32 Å². The molecule has 1 heterocycles. The normalized spacial score (nSPS) is 10.7. The van der Waals surface area contributed by atoms with Gasteiger partial charge in [-0.05, 0) is 18.2 Å². The number of carbonyl (C=O) groups is 1. The van der Waals surface area contributed by atoms with E-state index in [2.05, 4.69) is 15.6 Å². The first-order valence-electron chi connectivity index (χ1n) is 6.11. The molecule has 2 N–H and O–H groups in total. The van der Waals surface area contributed by atoms with Gasteiger partial charge >= 0.3 is 6.03 Å². The molecule has 0 radical (unpaired) electrons. The second-order valence-corrected chi connectivity index (χ2v) is 5.34. The molecular weight excluding hydrogens is 315 g/mol. The number of thiazole rings is 1. The van der Waals surface area contributed by atoms with Crippen molar-refractivity contribution in [3.63, 3.8) is 0 Å². The van der Waals surface area contributed by atoms with E-state index in [1.165, 1.54) is 18.2 Å². The number of rotatable bonds is 2. The van der Waals surface area contributed by atoms with E-state index in [1.54, 1.807) is 6.07 Å². The number of amides is 2. The first-order chi connectivity index (χ1) is 10.5. The molecule has 2 aromatic carbocycles. The smallest absolute Gasteiger partial charge is 0.305 e. The van der Waals surface area contributed by atoms with Crippen molar-refractivity contribution in [3.8, 4) is 0 Å². The van der Waals surface area contributed by atoms with Crippen molar-refractivity contribution in [1.29, 1.82) is 0 Å². The minimum Gasteiger partial charge on any atom is -0.305 e. The number of hydrogen-bond acceptors (Lipinski definition) is 3. The van der Waals surface area contributed by atoms with Crippen LogP contribution in [0.5, 0.6) is 0 Å². The molecule has 0 unspecified atom stereocenters. The van der Waals surface area contributed by atoms with E-state index in [0.29, 0.717) is 6.07 Å². The summed E-state index contributed by atoms with van der Waals surface area (Å²) in [6.07, 6.45) is 0. The number of benzene rings is 2. The Hall–Kier alpha value is -2.61. The molecule has 0 aliphatic heterocycles. The molecule has 1 aromatic heterocycles. The standard InChI is InChI=1S/C14H8F3N3OS/c15-7-5-9(17)12-11(6-7)22-14(19-12)20-13(21)18-10-4-2-1-3-8(10)16/h1-6H,(H2,18,19,20,21). The van der Waals surface area contributed by atoms with Crippen molar-refractivity contribution in [1.82, 2.24) is 4.98 Å². The number of nitrogens with zero attached hydrogens (tertiary/aromatic N) is 1. The summed E-state index contributed by atoms with van der Waals surface area (Å²) in [7, 11) is 0. The summed E-state index contributed by atoms with van der Waals surface area (Å²) < 4.78 is 40.3. The first-order valence-corrected chi connectivity index (χ1v) is 6.93. The van der Waals surface area contributed by atoms with Crippen LogP contribution in [0.15, 0.2) is 36.4 Å². The Labute approximate surface area is 126 Å². The molecule has 4 nitrogen and oxygen atoms in total. The van der Waals surface area contributed by atoms with Gasteiger partial charge in [0.2, 0.25) is 0 Å².